The first kappa shape index (κ1) is 13.3. The lowest BCUT2D eigenvalue weighted by Crippen LogP contribution is -2.04. The zero-order chi connectivity index (χ0) is 15.1. The van der Waals surface area contributed by atoms with E-state index in [1.165, 1.54) is 17.7 Å². The molecule has 0 bridgehead atoms. The van der Waals surface area contributed by atoms with E-state index in [2.05, 4.69) is 6.07 Å². The summed E-state index contributed by atoms with van der Waals surface area (Å²) >= 11 is 0. The molecule has 2 aromatic carbocycles. The van der Waals surface area contributed by atoms with Crippen molar-refractivity contribution in [2.45, 2.75) is 19.3 Å². The van der Waals surface area contributed by atoms with Crippen LogP contribution in [0, 0.1) is 11.6 Å². The molecule has 1 aliphatic carbocycles. The molecule has 0 aliphatic heterocycles. The molecule has 0 saturated heterocycles. The molecule has 0 saturated carbocycles. The Morgan fingerprint density at radius 2 is 1.68 bits per heavy atom. The van der Waals surface area contributed by atoms with Gasteiger partial charge in [-0.05, 0) is 48.6 Å². The molecule has 110 valence electrons. The van der Waals surface area contributed by atoms with Crippen molar-refractivity contribution in [3.63, 3.8) is 0 Å². The van der Waals surface area contributed by atoms with Gasteiger partial charge in [0.2, 0.25) is 0 Å². The summed E-state index contributed by atoms with van der Waals surface area (Å²) in [6, 6.07) is 15.9. The van der Waals surface area contributed by atoms with Gasteiger partial charge in [0.1, 0.15) is 11.6 Å². The molecule has 0 spiro atoms. The lowest BCUT2D eigenvalue weighted by atomic mass is 10.1. The maximum Gasteiger partial charge on any atom is 0.150 e. The zero-order valence-electron chi connectivity index (χ0n) is 12.0. The molecule has 1 heterocycles. The molecule has 0 atom stereocenters. The van der Waals surface area contributed by atoms with Crippen LogP contribution in [0.5, 0.6) is 0 Å². The Balaban J connectivity index is 1.98. The Bertz CT molecular complexity index is 834. The van der Waals surface area contributed by atoms with Crippen LogP contribution in [0.2, 0.25) is 0 Å². The predicted octanol–water partition coefficient (Wildman–Crippen LogP) is 4.91. The highest BCUT2D eigenvalue weighted by Gasteiger charge is 2.23. The number of rotatable bonds is 2. The third-order valence-corrected chi connectivity index (χ3v) is 4.27. The van der Waals surface area contributed by atoms with Gasteiger partial charge >= 0.3 is 0 Å². The van der Waals surface area contributed by atoms with E-state index >= 15 is 0 Å². The summed E-state index contributed by atoms with van der Waals surface area (Å²) in [5, 5.41) is 0. The average molecular weight is 295 g/mol. The second kappa shape index (κ2) is 5.09. The Kier molecular flexibility index (Phi) is 3.07. The van der Waals surface area contributed by atoms with Crippen LogP contribution >= 0.6 is 0 Å². The van der Waals surface area contributed by atoms with Crippen LogP contribution < -0.4 is 0 Å². The first-order chi connectivity index (χ1) is 10.7. The maximum absolute atomic E-state index is 14.3. The molecule has 22 heavy (non-hydrogen) atoms. The second-order valence-corrected chi connectivity index (χ2v) is 5.65. The largest absolute Gasteiger partial charge is 0.311 e. The summed E-state index contributed by atoms with van der Waals surface area (Å²) in [7, 11) is 0. The predicted molar refractivity (Wildman–Crippen MR) is 83.1 cm³/mol. The smallest absolute Gasteiger partial charge is 0.150 e. The summed E-state index contributed by atoms with van der Waals surface area (Å²) in [5.41, 5.74) is 4.84. The van der Waals surface area contributed by atoms with Crippen LogP contribution in [-0.4, -0.2) is 4.57 Å². The Morgan fingerprint density at radius 1 is 0.864 bits per heavy atom. The van der Waals surface area contributed by atoms with Crippen LogP contribution in [0.3, 0.4) is 0 Å². The minimum atomic E-state index is -0.550. The molecule has 4 rings (SSSR count). The molecule has 0 unspecified atom stereocenters. The third-order valence-electron chi connectivity index (χ3n) is 4.27. The topological polar surface area (TPSA) is 4.93 Å². The summed E-state index contributed by atoms with van der Waals surface area (Å²) < 4.78 is 29.5. The monoisotopic (exact) mass is 295 g/mol. The highest BCUT2D eigenvalue weighted by atomic mass is 19.1. The third kappa shape index (κ3) is 2.05. The average Bonchev–Trinajstić information content (AvgIpc) is 3.09. The maximum atomic E-state index is 14.3. The van der Waals surface area contributed by atoms with E-state index in [9.17, 15) is 8.78 Å². The molecule has 1 aromatic heterocycles. The van der Waals surface area contributed by atoms with Crippen LogP contribution in [-0.2, 0) is 12.8 Å². The molecule has 3 heteroatoms. The number of aromatic nitrogens is 1. The van der Waals surface area contributed by atoms with Crippen molar-refractivity contribution >= 4 is 0 Å². The lowest BCUT2D eigenvalue weighted by molar-refractivity contribution is 0.577. The number of hydrogen-bond donors (Lipinski definition) is 0. The zero-order valence-corrected chi connectivity index (χ0v) is 12.0. The van der Waals surface area contributed by atoms with Gasteiger partial charge in [-0.1, -0.05) is 30.3 Å². The van der Waals surface area contributed by atoms with Crippen molar-refractivity contribution in [2.24, 2.45) is 0 Å². The number of benzene rings is 2. The molecular formula is C19H15F2N. The van der Waals surface area contributed by atoms with Gasteiger partial charge in [0, 0.05) is 11.8 Å². The van der Waals surface area contributed by atoms with Gasteiger partial charge in [0.05, 0.1) is 11.4 Å². The number of fused-ring (bicyclic) bond motifs is 1. The molecule has 3 aromatic rings. The number of nitrogens with zero attached hydrogens (tertiary/aromatic N) is 1. The molecule has 1 aliphatic rings. The molecule has 1 nitrogen and oxygen atoms in total. The van der Waals surface area contributed by atoms with E-state index in [0.717, 1.165) is 42.3 Å². The van der Waals surface area contributed by atoms with Crippen LogP contribution in [0.15, 0.2) is 54.6 Å². The molecule has 0 radical (unpaired) electrons. The minimum Gasteiger partial charge on any atom is -0.311 e. The fraction of sp³-hybridized carbons (Fsp3) is 0.158. The van der Waals surface area contributed by atoms with E-state index in [-0.39, 0.29) is 0 Å². The standard InChI is InChI=1S/C19H15F2N/c20-15-9-10-18(16(21)12-15)22-17-8-4-7-14(17)11-19(22)13-5-2-1-3-6-13/h1-3,5-6,9-12H,4,7-8H2. The van der Waals surface area contributed by atoms with Crippen LogP contribution in [0.25, 0.3) is 16.9 Å². The number of aryl methyl sites for hydroxylation is 1. The fourth-order valence-electron chi connectivity index (χ4n) is 3.30. The molecular weight excluding hydrogens is 280 g/mol. The lowest BCUT2D eigenvalue weighted by Gasteiger charge is -2.14. The van der Waals surface area contributed by atoms with Crippen molar-refractivity contribution in [1.82, 2.24) is 4.57 Å². The minimum absolute atomic E-state index is 0.420. The number of hydrogen-bond acceptors (Lipinski definition) is 0. The fourth-order valence-corrected chi connectivity index (χ4v) is 3.30. The van der Waals surface area contributed by atoms with Gasteiger partial charge < -0.3 is 4.57 Å². The van der Waals surface area contributed by atoms with Gasteiger partial charge in [-0.2, -0.15) is 0 Å². The molecule has 0 N–H and O–H groups in total. The molecule has 0 fully saturated rings. The highest BCUT2D eigenvalue weighted by Crippen LogP contribution is 2.35. The summed E-state index contributed by atoms with van der Waals surface area (Å²) in [6.45, 7) is 0. The van der Waals surface area contributed by atoms with Gasteiger partial charge in [-0.25, -0.2) is 8.78 Å². The summed E-state index contributed by atoms with van der Waals surface area (Å²) in [4.78, 5) is 0. The summed E-state index contributed by atoms with van der Waals surface area (Å²) in [5.74, 6) is -1.08. The normalized spacial score (nSPS) is 13.4. The molecule has 0 amide bonds. The Hall–Kier alpha value is -2.42. The Morgan fingerprint density at radius 3 is 2.45 bits per heavy atom. The number of halogens is 2. The van der Waals surface area contributed by atoms with Crippen LogP contribution in [0.4, 0.5) is 8.78 Å². The van der Waals surface area contributed by atoms with Crippen molar-refractivity contribution in [1.29, 1.82) is 0 Å². The van der Waals surface area contributed by atoms with Gasteiger partial charge in [-0.15, -0.1) is 0 Å². The SMILES string of the molecule is Fc1ccc(-n2c(-c3ccccc3)cc3c2CCC3)c(F)c1. The van der Waals surface area contributed by atoms with Crippen molar-refractivity contribution in [3.8, 4) is 16.9 Å². The van der Waals surface area contributed by atoms with Crippen molar-refractivity contribution < 1.29 is 8.78 Å². The first-order valence-electron chi connectivity index (χ1n) is 7.48. The van der Waals surface area contributed by atoms with E-state index in [0.29, 0.717) is 5.69 Å². The van der Waals surface area contributed by atoms with Crippen LogP contribution in [0.1, 0.15) is 17.7 Å². The second-order valence-electron chi connectivity index (χ2n) is 5.65. The van der Waals surface area contributed by atoms with Crippen molar-refractivity contribution in [2.75, 3.05) is 0 Å². The van der Waals surface area contributed by atoms with E-state index in [1.54, 1.807) is 0 Å². The quantitative estimate of drug-likeness (QED) is 0.633. The van der Waals surface area contributed by atoms with Crippen molar-refractivity contribution in [3.05, 3.63) is 77.5 Å². The van der Waals surface area contributed by atoms with E-state index in [4.69, 9.17) is 0 Å². The Labute approximate surface area is 127 Å². The first-order valence-corrected chi connectivity index (χ1v) is 7.48. The van der Waals surface area contributed by atoms with Gasteiger partial charge in [-0.3, -0.25) is 0 Å². The summed E-state index contributed by atoms with van der Waals surface area (Å²) in [6.07, 6.45) is 3.03. The van der Waals surface area contributed by atoms with E-state index in [1.807, 2.05) is 34.9 Å². The van der Waals surface area contributed by atoms with E-state index < -0.39 is 11.6 Å². The van der Waals surface area contributed by atoms with Gasteiger partial charge in [0.15, 0.2) is 0 Å². The van der Waals surface area contributed by atoms with Gasteiger partial charge in [0.25, 0.3) is 0 Å². The highest BCUT2D eigenvalue weighted by molar-refractivity contribution is 5.66.